The van der Waals surface area contributed by atoms with Gasteiger partial charge in [-0.25, -0.2) is 0 Å². The van der Waals surface area contributed by atoms with Crippen LogP contribution < -0.4 is 14.8 Å². The minimum Gasteiger partial charge on any atom is -0.491 e. The molecular formula is C25H28N2O3. The van der Waals surface area contributed by atoms with Crippen LogP contribution in [0.15, 0.2) is 60.8 Å². The monoisotopic (exact) mass is 404 g/mol. The van der Waals surface area contributed by atoms with Crippen LogP contribution in [-0.2, 0) is 24.2 Å². The molecule has 30 heavy (non-hydrogen) atoms. The van der Waals surface area contributed by atoms with Gasteiger partial charge >= 0.3 is 0 Å². The summed E-state index contributed by atoms with van der Waals surface area (Å²) in [5.41, 5.74) is 5.99. The van der Waals surface area contributed by atoms with Crippen LogP contribution in [0.1, 0.15) is 16.8 Å². The Morgan fingerprint density at radius 3 is 2.67 bits per heavy atom. The third-order valence-electron chi connectivity index (χ3n) is 5.27. The first kappa shape index (κ1) is 20.4. The molecular weight excluding hydrogens is 376 g/mol. The van der Waals surface area contributed by atoms with Gasteiger partial charge in [-0.15, -0.1) is 0 Å². The molecule has 5 nitrogen and oxygen atoms in total. The summed E-state index contributed by atoms with van der Waals surface area (Å²) in [6, 6.07) is 18.7. The largest absolute Gasteiger partial charge is 0.491 e. The highest BCUT2D eigenvalue weighted by atomic mass is 16.5. The Morgan fingerprint density at radius 1 is 0.900 bits per heavy atom. The molecule has 0 saturated carbocycles. The standard InChI is InChI=1S/C25H28N2O3/c1-28-14-15-29-23-10-13-27-22(17-23)18-30-25-5-3-2-4-24(25)21-7-6-19-8-11-26-12-9-20(19)16-21/h2-7,10,13,16-17,26H,8-9,11-12,14-15,18H2,1H3. The molecule has 1 aliphatic heterocycles. The molecule has 2 heterocycles. The van der Waals surface area contributed by atoms with Gasteiger partial charge in [-0.3, -0.25) is 4.98 Å². The zero-order valence-corrected chi connectivity index (χ0v) is 17.4. The van der Waals surface area contributed by atoms with Gasteiger partial charge in [0.15, 0.2) is 0 Å². The van der Waals surface area contributed by atoms with E-state index in [1.807, 2.05) is 24.3 Å². The average Bonchev–Trinajstić information content (AvgIpc) is 3.03. The molecule has 0 amide bonds. The van der Waals surface area contributed by atoms with E-state index in [0.717, 1.165) is 48.7 Å². The van der Waals surface area contributed by atoms with E-state index in [-0.39, 0.29) is 0 Å². The minimum absolute atomic E-state index is 0.382. The van der Waals surface area contributed by atoms with Crippen LogP contribution in [0.4, 0.5) is 0 Å². The summed E-state index contributed by atoms with van der Waals surface area (Å²) >= 11 is 0. The molecule has 5 heteroatoms. The zero-order valence-electron chi connectivity index (χ0n) is 17.4. The number of benzene rings is 2. The lowest BCUT2D eigenvalue weighted by Gasteiger charge is -2.14. The fraction of sp³-hybridized carbons (Fsp3) is 0.320. The van der Waals surface area contributed by atoms with Gasteiger partial charge in [-0.05, 0) is 54.8 Å². The summed E-state index contributed by atoms with van der Waals surface area (Å²) in [5.74, 6) is 1.63. The molecule has 0 bridgehead atoms. The summed E-state index contributed by atoms with van der Waals surface area (Å²) in [7, 11) is 1.66. The highest BCUT2D eigenvalue weighted by Crippen LogP contribution is 2.32. The van der Waals surface area contributed by atoms with Gasteiger partial charge in [-0.2, -0.15) is 0 Å². The number of fused-ring (bicyclic) bond motifs is 1. The van der Waals surface area contributed by atoms with E-state index in [1.54, 1.807) is 13.3 Å². The molecule has 156 valence electrons. The quantitative estimate of drug-likeness (QED) is 0.574. The number of nitrogens with one attached hydrogen (secondary N) is 1. The Balaban J connectivity index is 1.49. The van der Waals surface area contributed by atoms with Gasteiger partial charge in [0.05, 0.1) is 12.3 Å². The second-order valence-corrected chi connectivity index (χ2v) is 7.34. The maximum Gasteiger partial charge on any atom is 0.130 e. The van der Waals surface area contributed by atoms with E-state index in [1.165, 1.54) is 16.7 Å². The van der Waals surface area contributed by atoms with Crippen LogP contribution in [0.2, 0.25) is 0 Å². The molecule has 0 unspecified atom stereocenters. The van der Waals surface area contributed by atoms with Crippen molar-refractivity contribution in [3.63, 3.8) is 0 Å². The van der Waals surface area contributed by atoms with Crippen molar-refractivity contribution in [3.8, 4) is 22.6 Å². The second-order valence-electron chi connectivity index (χ2n) is 7.34. The first-order valence-electron chi connectivity index (χ1n) is 10.4. The van der Waals surface area contributed by atoms with Gasteiger partial charge in [0.1, 0.15) is 24.7 Å². The summed E-state index contributed by atoms with van der Waals surface area (Å²) in [4.78, 5) is 4.41. The first-order chi connectivity index (χ1) is 14.8. The predicted octanol–water partition coefficient (Wildman–Crippen LogP) is 4.04. The second kappa shape index (κ2) is 10.2. The molecule has 1 aromatic heterocycles. The van der Waals surface area contributed by atoms with Crippen molar-refractivity contribution in [2.45, 2.75) is 19.4 Å². The van der Waals surface area contributed by atoms with Gasteiger partial charge in [-0.1, -0.05) is 36.4 Å². The van der Waals surface area contributed by atoms with Gasteiger partial charge in [0.2, 0.25) is 0 Å². The molecule has 3 aromatic rings. The van der Waals surface area contributed by atoms with E-state index < -0.39 is 0 Å². The summed E-state index contributed by atoms with van der Waals surface area (Å²) in [6.45, 7) is 3.53. The van der Waals surface area contributed by atoms with Crippen molar-refractivity contribution < 1.29 is 14.2 Å². The van der Waals surface area contributed by atoms with Crippen LogP contribution in [0.25, 0.3) is 11.1 Å². The predicted molar refractivity (Wildman–Crippen MR) is 118 cm³/mol. The number of para-hydroxylation sites is 1. The Morgan fingerprint density at radius 2 is 1.77 bits per heavy atom. The lowest BCUT2D eigenvalue weighted by molar-refractivity contribution is 0.146. The molecule has 0 atom stereocenters. The highest BCUT2D eigenvalue weighted by Gasteiger charge is 2.12. The first-order valence-corrected chi connectivity index (χ1v) is 10.4. The van der Waals surface area contributed by atoms with E-state index in [2.05, 4.69) is 40.6 Å². The smallest absolute Gasteiger partial charge is 0.130 e. The number of methoxy groups -OCH3 is 1. The fourth-order valence-electron chi connectivity index (χ4n) is 3.69. The lowest BCUT2D eigenvalue weighted by atomic mass is 9.96. The molecule has 0 spiro atoms. The van der Waals surface area contributed by atoms with Crippen molar-refractivity contribution in [2.24, 2.45) is 0 Å². The number of nitrogens with zero attached hydrogens (tertiary/aromatic N) is 1. The molecule has 1 aliphatic rings. The highest BCUT2D eigenvalue weighted by molar-refractivity contribution is 5.71. The van der Waals surface area contributed by atoms with Crippen LogP contribution >= 0.6 is 0 Å². The van der Waals surface area contributed by atoms with Crippen molar-refractivity contribution >= 4 is 0 Å². The van der Waals surface area contributed by atoms with Crippen LogP contribution in [-0.4, -0.2) is 38.4 Å². The Bertz CT molecular complexity index is 974. The molecule has 4 rings (SSSR count). The Hall–Kier alpha value is -2.89. The molecule has 0 radical (unpaired) electrons. The normalized spacial score (nSPS) is 13.4. The van der Waals surface area contributed by atoms with Gasteiger partial charge in [0.25, 0.3) is 0 Å². The Labute approximate surface area is 178 Å². The molecule has 1 N–H and O–H groups in total. The molecule has 0 aliphatic carbocycles. The van der Waals surface area contributed by atoms with Gasteiger partial charge in [0, 0.05) is 24.9 Å². The van der Waals surface area contributed by atoms with Crippen molar-refractivity contribution in [1.29, 1.82) is 0 Å². The van der Waals surface area contributed by atoms with Crippen molar-refractivity contribution in [3.05, 3.63) is 77.6 Å². The topological polar surface area (TPSA) is 52.6 Å². The van der Waals surface area contributed by atoms with Crippen LogP contribution in [0.5, 0.6) is 11.5 Å². The number of rotatable bonds is 8. The van der Waals surface area contributed by atoms with Crippen molar-refractivity contribution in [1.82, 2.24) is 10.3 Å². The summed E-state index contributed by atoms with van der Waals surface area (Å²) < 4.78 is 16.9. The van der Waals surface area contributed by atoms with Crippen LogP contribution in [0, 0.1) is 0 Å². The number of pyridine rings is 1. The average molecular weight is 405 g/mol. The van der Waals surface area contributed by atoms with E-state index in [9.17, 15) is 0 Å². The van der Waals surface area contributed by atoms with Gasteiger partial charge < -0.3 is 19.5 Å². The van der Waals surface area contributed by atoms with Crippen molar-refractivity contribution in [2.75, 3.05) is 33.4 Å². The van der Waals surface area contributed by atoms with E-state index in [4.69, 9.17) is 14.2 Å². The summed E-state index contributed by atoms with van der Waals surface area (Å²) in [6.07, 6.45) is 3.89. The fourth-order valence-corrected chi connectivity index (χ4v) is 3.69. The number of ether oxygens (including phenoxy) is 3. The van der Waals surface area contributed by atoms with Crippen LogP contribution in [0.3, 0.4) is 0 Å². The summed E-state index contributed by atoms with van der Waals surface area (Å²) in [5, 5.41) is 3.47. The SMILES string of the molecule is COCCOc1ccnc(COc2ccccc2-c2ccc3c(c2)CCNCC3)c1. The molecule has 0 fully saturated rings. The number of hydrogen-bond donors (Lipinski definition) is 1. The Kier molecular flexibility index (Phi) is 6.95. The molecule has 2 aromatic carbocycles. The third kappa shape index (κ3) is 5.17. The zero-order chi connectivity index (χ0) is 20.6. The minimum atomic E-state index is 0.382. The maximum atomic E-state index is 6.17. The van der Waals surface area contributed by atoms with E-state index in [0.29, 0.717) is 19.8 Å². The number of hydrogen-bond acceptors (Lipinski definition) is 5. The lowest BCUT2D eigenvalue weighted by Crippen LogP contribution is -2.16. The van der Waals surface area contributed by atoms with E-state index >= 15 is 0 Å². The third-order valence-corrected chi connectivity index (χ3v) is 5.27. The molecule has 0 saturated heterocycles. The number of aromatic nitrogens is 1. The maximum absolute atomic E-state index is 6.17.